The smallest absolute Gasteiger partial charge is 0.303 e. The number of aliphatic carboxylic acids is 1. The molecule has 3 aromatic rings. The van der Waals surface area contributed by atoms with Crippen molar-refractivity contribution in [1.29, 1.82) is 0 Å². The van der Waals surface area contributed by atoms with E-state index >= 15 is 4.39 Å². The van der Waals surface area contributed by atoms with Gasteiger partial charge in [-0.3, -0.25) is 4.79 Å². The van der Waals surface area contributed by atoms with E-state index in [0.29, 0.717) is 22.6 Å². The normalized spacial score (nSPS) is 15.1. The van der Waals surface area contributed by atoms with E-state index in [2.05, 4.69) is 0 Å². The third kappa shape index (κ3) is 5.31. The summed E-state index contributed by atoms with van der Waals surface area (Å²) in [7, 11) is 1.51. The fourth-order valence-corrected chi connectivity index (χ4v) is 4.75. The standard InChI is InChI=1S/C29H30F2O4/c1-29(2,3)25-11-19(27(31)15-23(25)24-13-20(34-4)9-10-26(24)30)16-35-21-8-7-17-5-6-18(12-28(32)33)22(17)14-21/h7-11,13-15,18H,5-6,12,16H2,1-4H3,(H,32,33)/t18-/m1/s1. The molecule has 0 amide bonds. The molecular weight excluding hydrogens is 450 g/mol. The van der Waals surface area contributed by atoms with Gasteiger partial charge in [0.2, 0.25) is 0 Å². The van der Waals surface area contributed by atoms with Crippen LogP contribution in [0.15, 0.2) is 48.5 Å². The van der Waals surface area contributed by atoms with E-state index < -0.39 is 17.6 Å². The molecule has 0 fully saturated rings. The van der Waals surface area contributed by atoms with Crippen LogP contribution in [0.5, 0.6) is 11.5 Å². The first kappa shape index (κ1) is 24.7. The van der Waals surface area contributed by atoms with Crippen LogP contribution in [0.1, 0.15) is 61.8 Å². The van der Waals surface area contributed by atoms with Gasteiger partial charge < -0.3 is 14.6 Å². The molecule has 0 spiro atoms. The second-order valence-electron chi connectivity index (χ2n) is 10.1. The Bertz CT molecular complexity index is 1260. The van der Waals surface area contributed by atoms with Gasteiger partial charge >= 0.3 is 5.97 Å². The van der Waals surface area contributed by atoms with E-state index in [9.17, 15) is 14.3 Å². The van der Waals surface area contributed by atoms with Gasteiger partial charge in [-0.1, -0.05) is 26.8 Å². The molecule has 0 unspecified atom stereocenters. The second kappa shape index (κ2) is 9.68. The highest BCUT2D eigenvalue weighted by Crippen LogP contribution is 2.39. The highest BCUT2D eigenvalue weighted by atomic mass is 19.1. The predicted octanol–water partition coefficient (Wildman–Crippen LogP) is 7.02. The van der Waals surface area contributed by atoms with Gasteiger partial charge in [0.05, 0.1) is 13.5 Å². The Hall–Kier alpha value is -3.41. The van der Waals surface area contributed by atoms with E-state index in [-0.39, 0.29) is 29.9 Å². The van der Waals surface area contributed by atoms with E-state index in [4.69, 9.17) is 9.47 Å². The molecule has 3 aromatic carbocycles. The van der Waals surface area contributed by atoms with E-state index in [0.717, 1.165) is 29.5 Å². The van der Waals surface area contributed by atoms with Gasteiger partial charge in [-0.2, -0.15) is 0 Å². The molecule has 6 heteroatoms. The van der Waals surface area contributed by atoms with Crippen LogP contribution in [0.3, 0.4) is 0 Å². The molecule has 1 atom stereocenters. The molecule has 35 heavy (non-hydrogen) atoms. The molecule has 0 bridgehead atoms. The average molecular weight is 481 g/mol. The molecule has 4 nitrogen and oxygen atoms in total. The van der Waals surface area contributed by atoms with Crippen molar-refractivity contribution in [2.24, 2.45) is 0 Å². The SMILES string of the molecule is COc1ccc(F)c(-c2cc(F)c(COc3ccc4c(c3)[C@@H](CC(=O)O)CC4)cc2C(C)(C)C)c1. The van der Waals surface area contributed by atoms with Crippen LogP contribution in [0.25, 0.3) is 11.1 Å². The molecule has 0 aromatic heterocycles. The van der Waals surface area contributed by atoms with Crippen molar-refractivity contribution < 1.29 is 28.2 Å². The highest BCUT2D eigenvalue weighted by molar-refractivity contribution is 5.71. The first-order valence-corrected chi connectivity index (χ1v) is 11.7. The first-order chi connectivity index (χ1) is 16.6. The number of carboxylic acids is 1. The highest BCUT2D eigenvalue weighted by Gasteiger charge is 2.26. The van der Waals surface area contributed by atoms with Crippen LogP contribution in [-0.2, 0) is 23.2 Å². The molecule has 1 aliphatic rings. The van der Waals surface area contributed by atoms with Crippen molar-refractivity contribution in [2.45, 2.75) is 58.0 Å². The zero-order chi connectivity index (χ0) is 25.3. The Morgan fingerprint density at radius 1 is 1.00 bits per heavy atom. The van der Waals surface area contributed by atoms with Gasteiger partial charge in [0.15, 0.2) is 0 Å². The third-order valence-electron chi connectivity index (χ3n) is 6.59. The van der Waals surface area contributed by atoms with E-state index in [1.807, 2.05) is 39.0 Å². The van der Waals surface area contributed by atoms with Gasteiger partial charge in [-0.15, -0.1) is 0 Å². The number of carbonyl (C=O) groups is 1. The van der Waals surface area contributed by atoms with Gasteiger partial charge in [0.25, 0.3) is 0 Å². The molecule has 1 aliphatic carbocycles. The summed E-state index contributed by atoms with van der Waals surface area (Å²) in [5.74, 6) is -0.729. The molecule has 0 heterocycles. The van der Waals surface area contributed by atoms with Crippen molar-refractivity contribution in [3.05, 3.63) is 82.4 Å². The maximum Gasteiger partial charge on any atom is 0.303 e. The number of hydrogen-bond donors (Lipinski definition) is 1. The van der Waals surface area contributed by atoms with Crippen molar-refractivity contribution >= 4 is 5.97 Å². The Morgan fingerprint density at radius 3 is 2.43 bits per heavy atom. The Balaban J connectivity index is 1.64. The fraction of sp³-hybridized carbons (Fsp3) is 0.345. The maximum absolute atomic E-state index is 15.2. The molecule has 0 radical (unpaired) electrons. The molecule has 4 rings (SSSR count). The average Bonchev–Trinajstić information content (AvgIpc) is 3.19. The number of carboxylic acid groups (broad SMARTS) is 1. The van der Waals surface area contributed by atoms with Crippen molar-refractivity contribution in [3.8, 4) is 22.6 Å². The Morgan fingerprint density at radius 2 is 1.74 bits per heavy atom. The molecule has 0 aliphatic heterocycles. The van der Waals surface area contributed by atoms with Gasteiger partial charge in [0, 0.05) is 11.1 Å². The minimum absolute atomic E-state index is 0.00182. The zero-order valence-corrected chi connectivity index (χ0v) is 20.5. The van der Waals surface area contributed by atoms with Crippen molar-refractivity contribution in [1.82, 2.24) is 0 Å². The summed E-state index contributed by atoms with van der Waals surface area (Å²) in [6, 6.07) is 13.2. The number of ether oxygens (including phenoxy) is 2. The third-order valence-corrected chi connectivity index (χ3v) is 6.59. The molecule has 184 valence electrons. The number of benzene rings is 3. The number of halogens is 2. The summed E-state index contributed by atoms with van der Waals surface area (Å²) in [6.45, 7) is 5.98. The number of rotatable bonds is 7. The fourth-order valence-electron chi connectivity index (χ4n) is 4.75. The quantitative estimate of drug-likeness (QED) is 0.395. The summed E-state index contributed by atoms with van der Waals surface area (Å²) < 4.78 is 41.2. The first-order valence-electron chi connectivity index (χ1n) is 11.7. The Kier molecular flexibility index (Phi) is 6.84. The predicted molar refractivity (Wildman–Crippen MR) is 131 cm³/mol. The summed E-state index contributed by atoms with van der Waals surface area (Å²) >= 11 is 0. The van der Waals surface area contributed by atoms with Crippen molar-refractivity contribution in [2.75, 3.05) is 7.11 Å². The number of hydrogen-bond acceptors (Lipinski definition) is 3. The van der Waals surface area contributed by atoms with E-state index in [1.165, 1.54) is 25.3 Å². The summed E-state index contributed by atoms with van der Waals surface area (Å²) in [6.07, 6.45) is 1.73. The summed E-state index contributed by atoms with van der Waals surface area (Å²) in [5, 5.41) is 9.19. The second-order valence-corrected chi connectivity index (χ2v) is 10.1. The largest absolute Gasteiger partial charge is 0.497 e. The molecule has 0 saturated carbocycles. The van der Waals surface area contributed by atoms with Gasteiger partial charge in [-0.05, 0) is 88.9 Å². The maximum atomic E-state index is 15.2. The van der Waals surface area contributed by atoms with Crippen molar-refractivity contribution in [3.63, 3.8) is 0 Å². The van der Waals surface area contributed by atoms with Crippen LogP contribution in [0.4, 0.5) is 8.78 Å². The monoisotopic (exact) mass is 480 g/mol. The lowest BCUT2D eigenvalue weighted by molar-refractivity contribution is -0.137. The van der Waals surface area contributed by atoms with Crippen LogP contribution >= 0.6 is 0 Å². The minimum atomic E-state index is -0.821. The lowest BCUT2D eigenvalue weighted by Gasteiger charge is -2.25. The molecule has 1 N–H and O–H groups in total. The van der Waals surface area contributed by atoms with E-state index in [1.54, 1.807) is 12.1 Å². The lowest BCUT2D eigenvalue weighted by atomic mass is 9.80. The number of methoxy groups -OCH3 is 1. The van der Waals surface area contributed by atoms with Crippen LogP contribution < -0.4 is 9.47 Å². The van der Waals surface area contributed by atoms with Gasteiger partial charge in [-0.25, -0.2) is 8.78 Å². The number of fused-ring (bicyclic) bond motifs is 1. The summed E-state index contributed by atoms with van der Waals surface area (Å²) in [5.41, 5.74) is 3.65. The summed E-state index contributed by atoms with van der Waals surface area (Å²) in [4.78, 5) is 11.2. The van der Waals surface area contributed by atoms with Crippen LogP contribution in [0, 0.1) is 11.6 Å². The topological polar surface area (TPSA) is 55.8 Å². The Labute approximate surface area is 204 Å². The molecule has 0 saturated heterocycles. The van der Waals surface area contributed by atoms with Gasteiger partial charge in [0.1, 0.15) is 29.7 Å². The van der Waals surface area contributed by atoms with Crippen LogP contribution in [0.2, 0.25) is 0 Å². The van der Waals surface area contributed by atoms with Crippen LogP contribution in [-0.4, -0.2) is 18.2 Å². The number of aryl methyl sites for hydroxylation is 1. The minimum Gasteiger partial charge on any atom is -0.497 e. The zero-order valence-electron chi connectivity index (χ0n) is 20.5. The lowest BCUT2D eigenvalue weighted by Crippen LogP contribution is -2.15. The molecular formula is C29H30F2O4.